The number of Topliss-reactive ketones (excluding diaryl/α,β-unsaturated/α-hetero) is 1. The molecule has 0 amide bonds. The molecule has 0 atom stereocenters. The number of hydrogen-bond donors (Lipinski definition) is 1. The summed E-state index contributed by atoms with van der Waals surface area (Å²) in [7, 11) is 3.02. The second-order valence-corrected chi connectivity index (χ2v) is 4.73. The molecule has 0 saturated carbocycles. The summed E-state index contributed by atoms with van der Waals surface area (Å²) in [6.45, 7) is 0. The van der Waals surface area contributed by atoms with Gasteiger partial charge >= 0.3 is 0 Å². The lowest BCUT2D eigenvalue weighted by molar-refractivity contribution is 0.101. The van der Waals surface area contributed by atoms with E-state index in [1.807, 2.05) is 0 Å². The van der Waals surface area contributed by atoms with Gasteiger partial charge in [-0.3, -0.25) is 4.79 Å². The van der Waals surface area contributed by atoms with Gasteiger partial charge in [0.2, 0.25) is 5.78 Å². The highest BCUT2D eigenvalue weighted by Gasteiger charge is 2.27. The molecule has 5 heteroatoms. The average molecular weight is 298 g/mol. The lowest BCUT2D eigenvalue weighted by atomic mass is 10.1. The third-order valence-electron chi connectivity index (χ3n) is 3.38. The van der Waals surface area contributed by atoms with Crippen molar-refractivity contribution in [3.05, 3.63) is 53.3 Å². The third kappa shape index (κ3) is 2.37. The van der Waals surface area contributed by atoms with E-state index in [0.29, 0.717) is 28.4 Å². The number of aromatic hydroxyl groups is 1. The fourth-order valence-corrected chi connectivity index (χ4v) is 2.23. The summed E-state index contributed by atoms with van der Waals surface area (Å²) in [5.41, 5.74) is 1.19. The van der Waals surface area contributed by atoms with Gasteiger partial charge in [0.25, 0.3) is 0 Å². The molecule has 0 spiro atoms. The Balaban J connectivity index is 1.95. The first-order valence-electron chi connectivity index (χ1n) is 6.61. The maximum atomic E-state index is 12.3. The molecule has 1 aliphatic rings. The zero-order valence-corrected chi connectivity index (χ0v) is 12.1. The number of rotatable bonds is 3. The van der Waals surface area contributed by atoms with Crippen LogP contribution in [0.3, 0.4) is 0 Å². The van der Waals surface area contributed by atoms with Gasteiger partial charge in [-0.2, -0.15) is 0 Å². The second-order valence-electron chi connectivity index (χ2n) is 4.73. The van der Waals surface area contributed by atoms with E-state index >= 15 is 0 Å². The van der Waals surface area contributed by atoms with E-state index in [0.717, 1.165) is 0 Å². The van der Waals surface area contributed by atoms with Gasteiger partial charge in [0.05, 0.1) is 19.8 Å². The van der Waals surface area contributed by atoms with Gasteiger partial charge in [-0.15, -0.1) is 0 Å². The van der Waals surface area contributed by atoms with Crippen LogP contribution in [-0.2, 0) is 0 Å². The molecule has 22 heavy (non-hydrogen) atoms. The minimum absolute atomic E-state index is 0.0383. The molecular weight excluding hydrogens is 284 g/mol. The van der Waals surface area contributed by atoms with E-state index in [4.69, 9.17) is 14.2 Å². The number of carbonyl (C=O) groups is 1. The molecule has 0 fully saturated rings. The van der Waals surface area contributed by atoms with Crippen molar-refractivity contribution < 1.29 is 24.1 Å². The molecule has 0 aliphatic carbocycles. The Morgan fingerprint density at radius 1 is 1.09 bits per heavy atom. The summed E-state index contributed by atoms with van der Waals surface area (Å²) in [5, 5.41) is 9.59. The topological polar surface area (TPSA) is 65.0 Å². The molecule has 5 nitrogen and oxygen atoms in total. The SMILES string of the molecule is COc1ccc2c(c1)OC(=Cc1ccc(O)c(OC)c1)C2=O. The van der Waals surface area contributed by atoms with E-state index in [1.54, 1.807) is 43.5 Å². The summed E-state index contributed by atoms with van der Waals surface area (Å²) in [4.78, 5) is 12.3. The normalized spacial score (nSPS) is 14.6. The summed E-state index contributed by atoms with van der Waals surface area (Å²) in [6.07, 6.45) is 1.61. The van der Waals surface area contributed by atoms with Crippen LogP contribution in [0.25, 0.3) is 6.08 Å². The molecule has 0 radical (unpaired) electrons. The Labute approximate surface area is 127 Å². The average Bonchev–Trinajstić information content (AvgIpc) is 2.84. The van der Waals surface area contributed by atoms with Crippen molar-refractivity contribution in [2.75, 3.05) is 14.2 Å². The zero-order chi connectivity index (χ0) is 15.7. The minimum atomic E-state index is -0.190. The van der Waals surface area contributed by atoms with E-state index in [2.05, 4.69) is 0 Å². The van der Waals surface area contributed by atoms with Crippen LogP contribution in [-0.4, -0.2) is 25.1 Å². The molecule has 2 aromatic carbocycles. The van der Waals surface area contributed by atoms with Gasteiger partial charge in [0, 0.05) is 6.07 Å². The summed E-state index contributed by atoms with van der Waals surface area (Å²) in [5.74, 6) is 1.50. The maximum absolute atomic E-state index is 12.3. The number of methoxy groups -OCH3 is 2. The molecule has 0 saturated heterocycles. The maximum Gasteiger partial charge on any atom is 0.231 e. The van der Waals surface area contributed by atoms with E-state index < -0.39 is 0 Å². The Kier molecular flexibility index (Phi) is 3.47. The Morgan fingerprint density at radius 2 is 1.91 bits per heavy atom. The highest BCUT2D eigenvalue weighted by molar-refractivity contribution is 6.14. The molecule has 1 N–H and O–H groups in total. The van der Waals surface area contributed by atoms with Crippen LogP contribution in [0.2, 0.25) is 0 Å². The molecule has 0 unspecified atom stereocenters. The number of phenolic OH excluding ortho intramolecular Hbond substituents is 1. The highest BCUT2D eigenvalue weighted by atomic mass is 16.5. The Morgan fingerprint density at radius 3 is 2.64 bits per heavy atom. The Hall–Kier alpha value is -2.95. The first kappa shape index (κ1) is 14.0. The van der Waals surface area contributed by atoms with Crippen LogP contribution in [0, 0.1) is 0 Å². The largest absolute Gasteiger partial charge is 0.504 e. The van der Waals surface area contributed by atoms with E-state index in [-0.39, 0.29) is 17.3 Å². The number of fused-ring (bicyclic) bond motifs is 1. The van der Waals surface area contributed by atoms with Crippen molar-refractivity contribution in [1.29, 1.82) is 0 Å². The molecule has 3 rings (SSSR count). The second kappa shape index (κ2) is 5.44. The molecule has 112 valence electrons. The van der Waals surface area contributed by atoms with Crippen LogP contribution in [0.15, 0.2) is 42.2 Å². The van der Waals surface area contributed by atoms with E-state index in [1.165, 1.54) is 13.2 Å². The standard InChI is InChI=1S/C17H14O5/c1-20-11-4-5-12-14(9-11)22-16(17(12)19)8-10-3-6-13(18)15(7-10)21-2/h3-9,18H,1-2H3. The van der Waals surface area contributed by atoms with Crippen molar-refractivity contribution in [3.8, 4) is 23.0 Å². The highest BCUT2D eigenvalue weighted by Crippen LogP contribution is 2.35. The minimum Gasteiger partial charge on any atom is -0.504 e. The van der Waals surface area contributed by atoms with Gasteiger partial charge in [0.1, 0.15) is 11.5 Å². The van der Waals surface area contributed by atoms with Gasteiger partial charge in [-0.25, -0.2) is 0 Å². The van der Waals surface area contributed by atoms with Crippen molar-refractivity contribution in [3.63, 3.8) is 0 Å². The van der Waals surface area contributed by atoms with Crippen LogP contribution < -0.4 is 14.2 Å². The monoisotopic (exact) mass is 298 g/mol. The van der Waals surface area contributed by atoms with Crippen LogP contribution >= 0.6 is 0 Å². The number of carbonyl (C=O) groups excluding carboxylic acids is 1. The molecule has 0 aromatic heterocycles. The van der Waals surface area contributed by atoms with Crippen molar-refractivity contribution in [2.45, 2.75) is 0 Å². The molecule has 1 aliphatic heterocycles. The molecule has 1 heterocycles. The summed E-state index contributed by atoms with van der Waals surface area (Å²) in [6, 6.07) is 9.86. The van der Waals surface area contributed by atoms with Gasteiger partial charge < -0.3 is 19.3 Å². The number of allylic oxidation sites excluding steroid dienone is 1. The number of ketones is 1. The first-order valence-corrected chi connectivity index (χ1v) is 6.61. The van der Waals surface area contributed by atoms with E-state index in [9.17, 15) is 9.90 Å². The number of benzene rings is 2. The summed E-state index contributed by atoms with van der Waals surface area (Å²) < 4.78 is 15.8. The van der Waals surface area contributed by atoms with Crippen LogP contribution in [0.5, 0.6) is 23.0 Å². The lowest BCUT2D eigenvalue weighted by Crippen LogP contribution is -1.98. The quantitative estimate of drug-likeness (QED) is 0.882. The summed E-state index contributed by atoms with van der Waals surface area (Å²) >= 11 is 0. The lowest BCUT2D eigenvalue weighted by Gasteiger charge is -2.04. The first-order chi connectivity index (χ1) is 10.6. The number of phenols is 1. The fraction of sp³-hybridized carbons (Fsp3) is 0.118. The molecule has 0 bridgehead atoms. The van der Waals surface area contributed by atoms with Crippen molar-refractivity contribution >= 4 is 11.9 Å². The van der Waals surface area contributed by atoms with Crippen LogP contribution in [0.4, 0.5) is 0 Å². The number of hydrogen-bond acceptors (Lipinski definition) is 5. The van der Waals surface area contributed by atoms with Gasteiger partial charge in [-0.1, -0.05) is 6.07 Å². The predicted octanol–water partition coefficient (Wildman–Crippen LogP) is 3.03. The van der Waals surface area contributed by atoms with Gasteiger partial charge in [0.15, 0.2) is 17.3 Å². The van der Waals surface area contributed by atoms with Crippen molar-refractivity contribution in [2.24, 2.45) is 0 Å². The Bertz CT molecular complexity index is 777. The predicted molar refractivity (Wildman–Crippen MR) is 80.6 cm³/mol. The smallest absolute Gasteiger partial charge is 0.231 e. The van der Waals surface area contributed by atoms with Crippen molar-refractivity contribution in [1.82, 2.24) is 0 Å². The van der Waals surface area contributed by atoms with Crippen LogP contribution in [0.1, 0.15) is 15.9 Å². The number of ether oxygens (including phenoxy) is 3. The van der Waals surface area contributed by atoms with Gasteiger partial charge in [-0.05, 0) is 35.9 Å². The molecular formula is C17H14O5. The third-order valence-corrected chi connectivity index (χ3v) is 3.38. The zero-order valence-electron chi connectivity index (χ0n) is 12.1. The fourth-order valence-electron chi connectivity index (χ4n) is 2.23. The molecule has 2 aromatic rings.